The van der Waals surface area contributed by atoms with Crippen LogP contribution in [0, 0.1) is 0 Å². The van der Waals surface area contributed by atoms with Gasteiger partial charge in [-0.05, 0) is 33.4 Å². The molecule has 3 heteroatoms. The predicted octanol–water partition coefficient (Wildman–Crippen LogP) is 1.68. The molecule has 0 saturated carbocycles. The summed E-state index contributed by atoms with van der Waals surface area (Å²) in [6, 6.07) is 0. The highest BCUT2D eigenvalue weighted by atomic mass is 16.1. The Hall–Kier alpha value is -1.09. The van der Waals surface area contributed by atoms with Gasteiger partial charge in [0.05, 0.1) is 0 Å². The van der Waals surface area contributed by atoms with Crippen LogP contribution in [0.5, 0.6) is 0 Å². The van der Waals surface area contributed by atoms with Crippen molar-refractivity contribution in [1.29, 1.82) is 0 Å². The number of rotatable bonds is 3. The van der Waals surface area contributed by atoms with Crippen molar-refractivity contribution in [2.75, 3.05) is 7.05 Å². The third-order valence-electron chi connectivity index (χ3n) is 2.63. The molecule has 3 nitrogen and oxygen atoms in total. The van der Waals surface area contributed by atoms with E-state index in [4.69, 9.17) is 0 Å². The van der Waals surface area contributed by atoms with Crippen molar-refractivity contribution in [1.82, 2.24) is 9.88 Å². The first kappa shape index (κ1) is 11.0. The van der Waals surface area contributed by atoms with Gasteiger partial charge in [0.25, 0.3) is 0 Å². The Balaban J connectivity index is 3.26. The smallest absolute Gasteiger partial charge is 0.161 e. The molecule has 0 radical (unpaired) electrons. The van der Waals surface area contributed by atoms with Gasteiger partial charge < -0.3 is 9.88 Å². The van der Waals surface area contributed by atoms with Gasteiger partial charge in [-0.1, -0.05) is 0 Å². The fraction of sp³-hybridized carbons (Fsp3) is 0.545. The molecular weight excluding hydrogens is 176 g/mol. The number of hydrogen-bond acceptors (Lipinski definition) is 2. The Morgan fingerprint density at radius 2 is 2.00 bits per heavy atom. The van der Waals surface area contributed by atoms with Crippen LogP contribution in [-0.4, -0.2) is 17.4 Å². The number of Topliss-reactive ketones (excluding diaryl/α,β-unsaturated/α-hetero) is 1. The summed E-state index contributed by atoms with van der Waals surface area (Å²) in [5.74, 6) is 0.115. The molecule has 0 aliphatic heterocycles. The monoisotopic (exact) mass is 194 g/mol. The van der Waals surface area contributed by atoms with E-state index >= 15 is 0 Å². The molecule has 0 unspecified atom stereocenters. The number of nitrogens with one attached hydrogen (secondary N) is 1. The molecule has 0 atom stereocenters. The number of aromatic nitrogens is 1. The first-order chi connectivity index (χ1) is 6.38. The van der Waals surface area contributed by atoms with Crippen molar-refractivity contribution >= 4 is 5.78 Å². The van der Waals surface area contributed by atoms with Crippen molar-refractivity contribution < 1.29 is 4.79 Å². The van der Waals surface area contributed by atoms with Crippen molar-refractivity contribution in [2.45, 2.75) is 26.3 Å². The Morgan fingerprint density at radius 3 is 2.43 bits per heavy atom. The second-order valence-electron chi connectivity index (χ2n) is 4.18. The lowest BCUT2D eigenvalue weighted by atomic mass is 9.92. The van der Waals surface area contributed by atoms with E-state index in [1.54, 1.807) is 6.92 Å². The van der Waals surface area contributed by atoms with Gasteiger partial charge in [-0.25, -0.2) is 0 Å². The van der Waals surface area contributed by atoms with Crippen molar-refractivity contribution in [3.63, 3.8) is 0 Å². The van der Waals surface area contributed by atoms with E-state index in [1.165, 1.54) is 0 Å². The molecule has 1 aromatic rings. The van der Waals surface area contributed by atoms with E-state index in [2.05, 4.69) is 19.2 Å². The summed E-state index contributed by atoms with van der Waals surface area (Å²) < 4.78 is 1.92. The predicted molar refractivity (Wildman–Crippen MR) is 57.5 cm³/mol. The molecule has 0 saturated heterocycles. The number of aryl methyl sites for hydroxylation is 1. The zero-order chi connectivity index (χ0) is 10.9. The number of hydrogen-bond donors (Lipinski definition) is 1. The van der Waals surface area contributed by atoms with Gasteiger partial charge in [0, 0.05) is 30.5 Å². The average Bonchev–Trinajstić information content (AvgIpc) is 2.48. The Bertz CT molecular complexity index is 350. The van der Waals surface area contributed by atoms with Crippen LogP contribution in [-0.2, 0) is 12.6 Å². The number of nitrogens with zero attached hydrogens (tertiary/aromatic N) is 1. The molecule has 0 bridgehead atoms. The molecule has 0 aliphatic carbocycles. The van der Waals surface area contributed by atoms with E-state index in [-0.39, 0.29) is 11.3 Å². The standard InChI is InChI=1S/C11H18N2O/c1-8(14)9-6-13(5)7-10(9)11(2,3)12-4/h6-7,12H,1-5H3. The number of carbonyl (C=O) groups excluding carboxylic acids is 1. The average molecular weight is 194 g/mol. The summed E-state index contributed by atoms with van der Waals surface area (Å²) in [6.07, 6.45) is 3.87. The molecule has 0 fully saturated rings. The highest BCUT2D eigenvalue weighted by Crippen LogP contribution is 2.24. The fourth-order valence-electron chi connectivity index (χ4n) is 1.50. The maximum atomic E-state index is 11.4. The van der Waals surface area contributed by atoms with Gasteiger partial charge in [0.15, 0.2) is 5.78 Å². The number of carbonyl (C=O) groups is 1. The summed E-state index contributed by atoms with van der Waals surface area (Å²) in [4.78, 5) is 11.4. The summed E-state index contributed by atoms with van der Waals surface area (Å²) in [5.41, 5.74) is 1.68. The quantitative estimate of drug-likeness (QED) is 0.743. The van der Waals surface area contributed by atoms with E-state index in [0.717, 1.165) is 11.1 Å². The maximum Gasteiger partial charge on any atom is 0.161 e. The van der Waals surface area contributed by atoms with E-state index in [9.17, 15) is 4.79 Å². The van der Waals surface area contributed by atoms with Gasteiger partial charge in [-0.2, -0.15) is 0 Å². The van der Waals surface area contributed by atoms with E-state index < -0.39 is 0 Å². The zero-order valence-corrected chi connectivity index (χ0v) is 9.51. The van der Waals surface area contributed by atoms with Gasteiger partial charge in [-0.3, -0.25) is 4.79 Å². The lowest BCUT2D eigenvalue weighted by Gasteiger charge is -2.24. The minimum absolute atomic E-state index is 0.115. The minimum Gasteiger partial charge on any atom is -0.356 e. The molecule has 1 N–H and O–H groups in total. The van der Waals surface area contributed by atoms with Crippen LogP contribution >= 0.6 is 0 Å². The highest BCUT2D eigenvalue weighted by molar-refractivity contribution is 5.95. The Labute approximate surface area is 85.1 Å². The van der Waals surface area contributed by atoms with E-state index in [1.807, 2.05) is 31.1 Å². The van der Waals surface area contributed by atoms with Crippen LogP contribution in [0.3, 0.4) is 0 Å². The molecule has 0 amide bonds. The van der Waals surface area contributed by atoms with Gasteiger partial charge in [0.1, 0.15) is 0 Å². The van der Waals surface area contributed by atoms with Gasteiger partial charge >= 0.3 is 0 Å². The van der Waals surface area contributed by atoms with Crippen LogP contribution in [0.1, 0.15) is 36.7 Å². The molecule has 0 aliphatic rings. The van der Waals surface area contributed by atoms with Gasteiger partial charge in [-0.15, -0.1) is 0 Å². The van der Waals surface area contributed by atoms with Crippen molar-refractivity contribution in [3.05, 3.63) is 23.5 Å². The first-order valence-electron chi connectivity index (χ1n) is 4.75. The van der Waals surface area contributed by atoms with Crippen LogP contribution in [0.4, 0.5) is 0 Å². The third-order valence-corrected chi connectivity index (χ3v) is 2.63. The summed E-state index contributed by atoms with van der Waals surface area (Å²) in [5, 5.41) is 3.20. The SMILES string of the molecule is CNC(C)(C)c1cn(C)cc1C(C)=O. The fourth-order valence-corrected chi connectivity index (χ4v) is 1.50. The minimum atomic E-state index is -0.164. The second kappa shape index (κ2) is 3.58. The largest absolute Gasteiger partial charge is 0.356 e. The Morgan fingerprint density at radius 1 is 1.43 bits per heavy atom. The molecular formula is C11H18N2O. The molecule has 1 aromatic heterocycles. The molecule has 1 rings (SSSR count). The van der Waals surface area contributed by atoms with Gasteiger partial charge in [0.2, 0.25) is 0 Å². The van der Waals surface area contributed by atoms with Crippen molar-refractivity contribution in [2.24, 2.45) is 7.05 Å². The lowest BCUT2D eigenvalue weighted by Crippen LogP contribution is -2.34. The van der Waals surface area contributed by atoms with Crippen LogP contribution < -0.4 is 5.32 Å². The second-order valence-corrected chi connectivity index (χ2v) is 4.18. The first-order valence-corrected chi connectivity index (χ1v) is 4.75. The normalized spacial score (nSPS) is 11.8. The van der Waals surface area contributed by atoms with E-state index in [0.29, 0.717) is 0 Å². The summed E-state index contributed by atoms with van der Waals surface area (Å²) in [6.45, 7) is 5.73. The molecule has 0 aromatic carbocycles. The van der Waals surface area contributed by atoms with Crippen molar-refractivity contribution in [3.8, 4) is 0 Å². The Kier molecular flexibility index (Phi) is 2.81. The van der Waals surface area contributed by atoms with Crippen LogP contribution in [0.15, 0.2) is 12.4 Å². The number of ketones is 1. The summed E-state index contributed by atoms with van der Waals surface area (Å²) >= 11 is 0. The lowest BCUT2D eigenvalue weighted by molar-refractivity contribution is 0.101. The molecule has 1 heterocycles. The van der Waals surface area contributed by atoms with Crippen LogP contribution in [0.25, 0.3) is 0 Å². The topological polar surface area (TPSA) is 34.0 Å². The third kappa shape index (κ3) is 1.87. The highest BCUT2D eigenvalue weighted by Gasteiger charge is 2.24. The zero-order valence-electron chi connectivity index (χ0n) is 9.51. The van der Waals surface area contributed by atoms with Crippen LogP contribution in [0.2, 0.25) is 0 Å². The molecule has 78 valence electrons. The molecule has 14 heavy (non-hydrogen) atoms. The molecule has 0 spiro atoms. The summed E-state index contributed by atoms with van der Waals surface area (Å²) in [7, 11) is 3.83. The maximum absolute atomic E-state index is 11.4.